The Balaban J connectivity index is 1.52. The van der Waals surface area contributed by atoms with Crippen LogP contribution in [0.5, 0.6) is 0 Å². The summed E-state index contributed by atoms with van der Waals surface area (Å²) in [5.41, 5.74) is 1.50. The van der Waals surface area contributed by atoms with Gasteiger partial charge in [-0.25, -0.2) is 4.98 Å². The molecule has 37 heavy (non-hydrogen) atoms. The van der Waals surface area contributed by atoms with E-state index in [1.807, 2.05) is 0 Å². The SMILES string of the molecule is Cc1[nH]ncc1-c1ccc(-c2sc(C(=O)NC3CCOCC3)nc2CC2CCCCC2)cc1C(F)(F)F. The van der Waals surface area contributed by atoms with Crippen LogP contribution in [0.15, 0.2) is 24.4 Å². The zero-order valence-corrected chi connectivity index (χ0v) is 21.6. The smallest absolute Gasteiger partial charge is 0.381 e. The van der Waals surface area contributed by atoms with Crippen LogP contribution in [0.1, 0.15) is 71.7 Å². The van der Waals surface area contributed by atoms with E-state index in [4.69, 9.17) is 9.72 Å². The highest BCUT2D eigenvalue weighted by atomic mass is 32.1. The lowest BCUT2D eigenvalue weighted by Gasteiger charge is -2.22. The molecule has 198 valence electrons. The third kappa shape index (κ3) is 5.90. The molecule has 2 N–H and O–H groups in total. The molecule has 1 saturated carbocycles. The Kier molecular flexibility index (Phi) is 7.67. The summed E-state index contributed by atoms with van der Waals surface area (Å²) in [5.74, 6) is 0.158. The quantitative estimate of drug-likeness (QED) is 0.377. The molecule has 10 heteroatoms. The number of benzene rings is 1. The van der Waals surface area contributed by atoms with Crippen molar-refractivity contribution in [1.29, 1.82) is 0 Å². The van der Waals surface area contributed by atoms with Gasteiger partial charge in [0.2, 0.25) is 0 Å². The van der Waals surface area contributed by atoms with E-state index in [1.54, 1.807) is 13.0 Å². The van der Waals surface area contributed by atoms with Gasteiger partial charge in [-0.3, -0.25) is 9.89 Å². The molecule has 6 nitrogen and oxygen atoms in total. The first kappa shape index (κ1) is 25.9. The summed E-state index contributed by atoms with van der Waals surface area (Å²) in [7, 11) is 0. The maximum Gasteiger partial charge on any atom is 0.417 e. The molecule has 1 aliphatic carbocycles. The van der Waals surface area contributed by atoms with Crippen LogP contribution in [-0.2, 0) is 17.3 Å². The summed E-state index contributed by atoms with van der Waals surface area (Å²) in [6.45, 7) is 2.90. The van der Waals surface area contributed by atoms with E-state index in [2.05, 4.69) is 15.5 Å². The number of carbonyl (C=O) groups excluding carboxylic acids is 1. The number of rotatable bonds is 6. The number of halogens is 3. The van der Waals surface area contributed by atoms with Gasteiger partial charge in [0.05, 0.1) is 22.3 Å². The van der Waals surface area contributed by atoms with E-state index in [1.165, 1.54) is 36.1 Å². The summed E-state index contributed by atoms with van der Waals surface area (Å²) in [5, 5.41) is 9.96. The van der Waals surface area contributed by atoms with Crippen molar-refractivity contribution in [1.82, 2.24) is 20.5 Å². The first-order chi connectivity index (χ1) is 17.8. The van der Waals surface area contributed by atoms with Crippen molar-refractivity contribution in [2.24, 2.45) is 5.92 Å². The van der Waals surface area contributed by atoms with Crippen molar-refractivity contribution < 1.29 is 22.7 Å². The van der Waals surface area contributed by atoms with Crippen molar-refractivity contribution in [2.45, 2.75) is 70.5 Å². The third-order valence-corrected chi connectivity index (χ3v) is 8.51. The van der Waals surface area contributed by atoms with Crippen LogP contribution in [0.4, 0.5) is 13.2 Å². The van der Waals surface area contributed by atoms with Crippen LogP contribution in [0, 0.1) is 12.8 Å². The molecular formula is C27H31F3N4O2S. The van der Waals surface area contributed by atoms with Crippen molar-refractivity contribution in [3.63, 3.8) is 0 Å². The average Bonchev–Trinajstić information content (AvgIpc) is 3.51. The number of alkyl halides is 3. The van der Waals surface area contributed by atoms with Crippen LogP contribution < -0.4 is 5.32 Å². The van der Waals surface area contributed by atoms with E-state index in [9.17, 15) is 18.0 Å². The number of nitrogens with zero attached hydrogens (tertiary/aromatic N) is 2. The number of hydrogen-bond acceptors (Lipinski definition) is 5. The molecule has 0 radical (unpaired) electrons. The van der Waals surface area contributed by atoms with Crippen molar-refractivity contribution in [3.8, 4) is 21.6 Å². The van der Waals surface area contributed by atoms with Gasteiger partial charge in [-0.1, -0.05) is 44.2 Å². The van der Waals surface area contributed by atoms with Gasteiger partial charge < -0.3 is 10.1 Å². The standard InChI is InChI=1S/C27H31F3N4O2S/c1-16-21(15-31-34-16)20-8-7-18(14-22(20)27(28,29)30)24-23(13-17-5-3-2-4-6-17)33-26(37-24)25(35)32-19-9-11-36-12-10-19/h7-8,14-15,17,19H,2-6,9-13H2,1H3,(H,31,34)(H,32,35). The Morgan fingerprint density at radius 2 is 1.89 bits per heavy atom. The van der Waals surface area contributed by atoms with Crippen molar-refractivity contribution in [3.05, 3.63) is 46.4 Å². The number of carbonyl (C=O) groups is 1. The number of aryl methyl sites for hydroxylation is 1. The highest BCUT2D eigenvalue weighted by molar-refractivity contribution is 7.17. The molecular weight excluding hydrogens is 501 g/mol. The second kappa shape index (κ2) is 10.9. The summed E-state index contributed by atoms with van der Waals surface area (Å²) in [4.78, 5) is 18.4. The molecule has 1 amide bonds. The number of nitrogens with one attached hydrogen (secondary N) is 2. The summed E-state index contributed by atoms with van der Waals surface area (Å²) < 4.78 is 48.0. The monoisotopic (exact) mass is 532 g/mol. The van der Waals surface area contributed by atoms with Crippen LogP contribution >= 0.6 is 11.3 Å². The topological polar surface area (TPSA) is 79.9 Å². The third-order valence-electron chi connectivity index (χ3n) is 7.36. The zero-order chi connectivity index (χ0) is 26.0. The van der Waals surface area contributed by atoms with Crippen molar-refractivity contribution in [2.75, 3.05) is 13.2 Å². The largest absolute Gasteiger partial charge is 0.417 e. The van der Waals surface area contributed by atoms with E-state index in [0.29, 0.717) is 52.3 Å². The first-order valence-corrected chi connectivity index (χ1v) is 13.7. The molecule has 5 rings (SSSR count). The number of thiazole rings is 1. The number of aromatic nitrogens is 3. The number of aromatic amines is 1. The van der Waals surface area contributed by atoms with Crippen LogP contribution in [0.2, 0.25) is 0 Å². The van der Waals surface area contributed by atoms with Gasteiger partial charge in [0.25, 0.3) is 5.91 Å². The van der Waals surface area contributed by atoms with E-state index >= 15 is 0 Å². The maximum atomic E-state index is 14.2. The molecule has 1 saturated heterocycles. The molecule has 0 spiro atoms. The molecule has 2 aliphatic rings. The average molecular weight is 533 g/mol. The minimum absolute atomic E-state index is 0.0182. The normalized spacial score (nSPS) is 17.7. The predicted molar refractivity (Wildman–Crippen MR) is 136 cm³/mol. The zero-order valence-electron chi connectivity index (χ0n) is 20.8. The molecule has 2 fully saturated rings. The molecule has 1 aromatic carbocycles. The van der Waals surface area contributed by atoms with Gasteiger partial charge in [-0.15, -0.1) is 11.3 Å². The molecule has 0 unspecified atom stereocenters. The Bertz CT molecular complexity index is 1240. The molecule has 3 heterocycles. The van der Waals surface area contributed by atoms with Gasteiger partial charge >= 0.3 is 6.18 Å². The molecule has 2 aromatic heterocycles. The number of amides is 1. The predicted octanol–water partition coefficient (Wildman–Crippen LogP) is 6.56. The lowest BCUT2D eigenvalue weighted by atomic mass is 9.85. The lowest BCUT2D eigenvalue weighted by Crippen LogP contribution is -2.38. The number of H-pyrrole nitrogens is 1. The van der Waals surface area contributed by atoms with Gasteiger partial charge in [0.1, 0.15) is 0 Å². The second-order valence-electron chi connectivity index (χ2n) is 10.0. The molecule has 0 atom stereocenters. The number of ether oxygens (including phenoxy) is 1. The van der Waals surface area contributed by atoms with Gasteiger partial charge in [0, 0.05) is 30.5 Å². The minimum atomic E-state index is -4.55. The maximum absolute atomic E-state index is 14.2. The Morgan fingerprint density at radius 3 is 2.57 bits per heavy atom. The van der Waals surface area contributed by atoms with Crippen molar-refractivity contribution >= 4 is 17.2 Å². The fourth-order valence-electron chi connectivity index (χ4n) is 5.34. The first-order valence-electron chi connectivity index (χ1n) is 12.9. The fraction of sp³-hybridized carbons (Fsp3) is 0.519. The summed E-state index contributed by atoms with van der Waals surface area (Å²) in [6, 6.07) is 4.42. The fourth-order valence-corrected chi connectivity index (χ4v) is 6.34. The second-order valence-corrected chi connectivity index (χ2v) is 11.0. The highest BCUT2D eigenvalue weighted by Crippen LogP contribution is 2.42. The van der Waals surface area contributed by atoms with Crippen LogP contribution in [-0.4, -0.2) is 40.3 Å². The highest BCUT2D eigenvalue weighted by Gasteiger charge is 2.35. The summed E-state index contributed by atoms with van der Waals surface area (Å²) in [6.07, 6.45) is 4.68. The minimum Gasteiger partial charge on any atom is -0.381 e. The van der Waals surface area contributed by atoms with Crippen LogP contribution in [0.3, 0.4) is 0 Å². The van der Waals surface area contributed by atoms with E-state index < -0.39 is 11.7 Å². The molecule has 0 bridgehead atoms. The Morgan fingerprint density at radius 1 is 1.14 bits per heavy atom. The number of hydrogen-bond donors (Lipinski definition) is 2. The van der Waals surface area contributed by atoms with E-state index in [-0.39, 0.29) is 17.5 Å². The Labute approximate surface area is 218 Å². The van der Waals surface area contributed by atoms with Gasteiger partial charge in [-0.2, -0.15) is 18.3 Å². The van der Waals surface area contributed by atoms with Gasteiger partial charge in [0.15, 0.2) is 5.01 Å². The Hall–Kier alpha value is -2.72. The molecule has 3 aromatic rings. The lowest BCUT2D eigenvalue weighted by molar-refractivity contribution is -0.137. The van der Waals surface area contributed by atoms with Crippen LogP contribution in [0.25, 0.3) is 21.6 Å². The van der Waals surface area contributed by atoms with Gasteiger partial charge in [-0.05, 0) is 49.3 Å². The summed E-state index contributed by atoms with van der Waals surface area (Å²) >= 11 is 1.18. The van der Waals surface area contributed by atoms with E-state index in [0.717, 1.165) is 44.2 Å². The molecule has 1 aliphatic heterocycles.